The Hall–Kier alpha value is -2.02. The number of hydrogen-bond donors (Lipinski definition) is 0. The molecule has 2 fully saturated rings. The Morgan fingerprint density at radius 2 is 1.88 bits per heavy atom. The van der Waals surface area contributed by atoms with Gasteiger partial charge < -0.3 is 9.47 Å². The lowest BCUT2D eigenvalue weighted by Crippen LogP contribution is -2.36. The van der Waals surface area contributed by atoms with Gasteiger partial charge in [-0.05, 0) is 45.7 Å². The van der Waals surface area contributed by atoms with Gasteiger partial charge in [0.1, 0.15) is 23.8 Å². The van der Waals surface area contributed by atoms with E-state index in [-0.39, 0.29) is 0 Å². The average Bonchev–Trinajstić information content (AvgIpc) is 3.03. The van der Waals surface area contributed by atoms with Crippen molar-refractivity contribution < 1.29 is 0 Å². The van der Waals surface area contributed by atoms with Crippen LogP contribution in [0.5, 0.6) is 0 Å². The zero-order valence-electron chi connectivity index (χ0n) is 15.9. The summed E-state index contributed by atoms with van der Waals surface area (Å²) in [6.07, 6.45) is 7.95. The van der Waals surface area contributed by atoms with Crippen molar-refractivity contribution in [2.45, 2.75) is 51.5 Å². The van der Waals surface area contributed by atoms with Crippen LogP contribution < -0.4 is 4.90 Å². The van der Waals surface area contributed by atoms with Crippen LogP contribution in [0.25, 0.3) is 0 Å². The standard InChI is InChI=1S/C19H29N7/c1-15-11-17(21-14-20-15)26-10-6-7-16(12-26)19-23-22-18(24(19)2)13-25-8-4-3-5-9-25/h11,14,16H,3-10,12-13H2,1-2H3. The zero-order chi connectivity index (χ0) is 17.9. The minimum atomic E-state index is 0.409. The first-order chi connectivity index (χ1) is 12.7. The highest BCUT2D eigenvalue weighted by atomic mass is 15.3. The molecule has 0 saturated carbocycles. The third kappa shape index (κ3) is 3.72. The predicted octanol–water partition coefficient (Wildman–Crippen LogP) is 2.28. The van der Waals surface area contributed by atoms with Crippen molar-refractivity contribution in [1.82, 2.24) is 29.6 Å². The zero-order valence-corrected chi connectivity index (χ0v) is 15.9. The van der Waals surface area contributed by atoms with Crippen molar-refractivity contribution >= 4 is 5.82 Å². The molecule has 2 saturated heterocycles. The van der Waals surface area contributed by atoms with Crippen LogP contribution in [0, 0.1) is 6.92 Å². The first-order valence-electron chi connectivity index (χ1n) is 9.85. The number of rotatable bonds is 4. The molecule has 0 amide bonds. The Labute approximate surface area is 155 Å². The number of likely N-dealkylation sites (tertiary alicyclic amines) is 1. The molecular weight excluding hydrogens is 326 g/mol. The fraction of sp³-hybridized carbons (Fsp3) is 0.684. The van der Waals surface area contributed by atoms with E-state index in [0.717, 1.165) is 55.6 Å². The van der Waals surface area contributed by atoms with Crippen LogP contribution >= 0.6 is 0 Å². The molecule has 140 valence electrons. The van der Waals surface area contributed by atoms with E-state index in [1.165, 1.54) is 32.4 Å². The summed E-state index contributed by atoms with van der Waals surface area (Å²) in [7, 11) is 2.13. The molecule has 1 atom stereocenters. The molecule has 4 rings (SSSR count). The van der Waals surface area contributed by atoms with Crippen molar-refractivity contribution in [3.05, 3.63) is 29.7 Å². The highest BCUT2D eigenvalue weighted by Gasteiger charge is 2.27. The van der Waals surface area contributed by atoms with Crippen molar-refractivity contribution in [3.8, 4) is 0 Å². The first-order valence-corrected chi connectivity index (χ1v) is 9.85. The third-order valence-electron chi connectivity index (χ3n) is 5.71. The normalized spacial score (nSPS) is 21.9. The Balaban J connectivity index is 1.46. The Bertz CT molecular complexity index is 735. The van der Waals surface area contributed by atoms with Crippen molar-refractivity contribution in [3.63, 3.8) is 0 Å². The second-order valence-electron chi connectivity index (χ2n) is 7.67. The number of aryl methyl sites for hydroxylation is 1. The van der Waals surface area contributed by atoms with Gasteiger partial charge in [0.15, 0.2) is 0 Å². The summed E-state index contributed by atoms with van der Waals surface area (Å²) in [6, 6.07) is 2.07. The molecule has 0 radical (unpaired) electrons. The Morgan fingerprint density at radius 3 is 2.69 bits per heavy atom. The van der Waals surface area contributed by atoms with Crippen LogP contribution in [0.3, 0.4) is 0 Å². The van der Waals surface area contributed by atoms with Gasteiger partial charge in [0.2, 0.25) is 0 Å². The molecule has 2 aromatic rings. The van der Waals surface area contributed by atoms with Gasteiger partial charge in [0.05, 0.1) is 6.54 Å². The monoisotopic (exact) mass is 355 g/mol. The van der Waals surface area contributed by atoms with Crippen molar-refractivity contribution in [2.75, 3.05) is 31.1 Å². The fourth-order valence-corrected chi connectivity index (χ4v) is 4.20. The lowest BCUT2D eigenvalue weighted by Gasteiger charge is -2.33. The maximum absolute atomic E-state index is 4.58. The molecule has 0 N–H and O–H groups in total. The molecule has 0 spiro atoms. The Morgan fingerprint density at radius 1 is 1.04 bits per heavy atom. The summed E-state index contributed by atoms with van der Waals surface area (Å²) < 4.78 is 2.23. The SMILES string of the molecule is Cc1cc(N2CCCC(c3nnc(CN4CCCCC4)n3C)C2)ncn1. The van der Waals surface area contributed by atoms with Gasteiger partial charge in [0.25, 0.3) is 0 Å². The minimum Gasteiger partial charge on any atom is -0.356 e. The fourth-order valence-electron chi connectivity index (χ4n) is 4.20. The van der Waals surface area contributed by atoms with Crippen LogP contribution in [0.4, 0.5) is 5.82 Å². The second-order valence-corrected chi connectivity index (χ2v) is 7.67. The maximum Gasteiger partial charge on any atom is 0.146 e. The van der Waals surface area contributed by atoms with Gasteiger partial charge in [-0.15, -0.1) is 10.2 Å². The van der Waals surface area contributed by atoms with Crippen molar-refractivity contribution in [1.29, 1.82) is 0 Å². The molecule has 0 aliphatic carbocycles. The largest absolute Gasteiger partial charge is 0.356 e. The molecule has 26 heavy (non-hydrogen) atoms. The summed E-state index contributed by atoms with van der Waals surface area (Å²) in [5, 5.41) is 9.10. The molecule has 7 nitrogen and oxygen atoms in total. The molecule has 4 heterocycles. The van der Waals surface area contributed by atoms with Crippen LogP contribution in [-0.2, 0) is 13.6 Å². The highest BCUT2D eigenvalue weighted by Crippen LogP contribution is 2.28. The number of hydrogen-bond acceptors (Lipinski definition) is 6. The van der Waals surface area contributed by atoms with Gasteiger partial charge in [-0.1, -0.05) is 6.42 Å². The van der Waals surface area contributed by atoms with Crippen molar-refractivity contribution in [2.24, 2.45) is 7.05 Å². The summed E-state index contributed by atoms with van der Waals surface area (Å²) in [5.74, 6) is 3.65. The van der Waals surface area contributed by atoms with Crippen LogP contribution in [0.2, 0.25) is 0 Å². The second kappa shape index (κ2) is 7.70. The van der Waals surface area contributed by atoms with Gasteiger partial charge in [0, 0.05) is 37.8 Å². The lowest BCUT2D eigenvalue weighted by atomic mass is 9.97. The van der Waals surface area contributed by atoms with Crippen LogP contribution in [0.1, 0.15) is 55.4 Å². The number of piperidine rings is 2. The summed E-state index contributed by atoms with van der Waals surface area (Å²) >= 11 is 0. The maximum atomic E-state index is 4.58. The number of aromatic nitrogens is 5. The molecule has 0 aromatic carbocycles. The molecule has 2 aliphatic rings. The summed E-state index contributed by atoms with van der Waals surface area (Å²) in [6.45, 7) is 7.31. The molecule has 0 bridgehead atoms. The van der Waals surface area contributed by atoms with Crippen LogP contribution in [-0.4, -0.2) is 55.8 Å². The van der Waals surface area contributed by atoms with Gasteiger partial charge in [-0.25, -0.2) is 9.97 Å². The number of anilines is 1. The highest BCUT2D eigenvalue weighted by molar-refractivity contribution is 5.39. The van der Waals surface area contributed by atoms with E-state index < -0.39 is 0 Å². The van der Waals surface area contributed by atoms with Crippen LogP contribution in [0.15, 0.2) is 12.4 Å². The average molecular weight is 355 g/mol. The molecular formula is C19H29N7. The molecule has 2 aliphatic heterocycles. The molecule has 1 unspecified atom stereocenters. The predicted molar refractivity (Wildman–Crippen MR) is 101 cm³/mol. The third-order valence-corrected chi connectivity index (χ3v) is 5.71. The first kappa shape index (κ1) is 17.4. The summed E-state index contributed by atoms with van der Waals surface area (Å²) in [4.78, 5) is 13.5. The Kier molecular flexibility index (Phi) is 5.15. The van der Waals surface area contributed by atoms with E-state index in [2.05, 4.69) is 47.6 Å². The lowest BCUT2D eigenvalue weighted by molar-refractivity contribution is 0.213. The molecule has 2 aromatic heterocycles. The van der Waals surface area contributed by atoms with Gasteiger partial charge in [-0.3, -0.25) is 4.90 Å². The van der Waals surface area contributed by atoms with E-state index in [9.17, 15) is 0 Å². The smallest absolute Gasteiger partial charge is 0.146 e. The van der Waals surface area contributed by atoms with E-state index in [0.29, 0.717) is 5.92 Å². The summed E-state index contributed by atoms with van der Waals surface area (Å²) in [5.41, 5.74) is 1.01. The van der Waals surface area contributed by atoms with E-state index in [1.54, 1.807) is 6.33 Å². The van der Waals surface area contributed by atoms with Gasteiger partial charge >= 0.3 is 0 Å². The van der Waals surface area contributed by atoms with E-state index in [4.69, 9.17) is 0 Å². The quantitative estimate of drug-likeness (QED) is 0.838. The van der Waals surface area contributed by atoms with Gasteiger partial charge in [-0.2, -0.15) is 0 Å². The minimum absolute atomic E-state index is 0.409. The molecule has 7 heteroatoms. The van der Waals surface area contributed by atoms with E-state index in [1.807, 2.05) is 6.92 Å². The van der Waals surface area contributed by atoms with E-state index >= 15 is 0 Å². The topological polar surface area (TPSA) is 63.0 Å². The number of nitrogens with zero attached hydrogens (tertiary/aromatic N) is 7.